The second-order valence-electron chi connectivity index (χ2n) is 10.5. The van der Waals surface area contributed by atoms with Crippen molar-refractivity contribution in [2.75, 3.05) is 44.8 Å². The molecule has 0 aliphatic carbocycles. The molecule has 2 aromatic carbocycles. The third-order valence-corrected chi connectivity index (χ3v) is 7.62. The Morgan fingerprint density at radius 3 is 2.67 bits per heavy atom. The Labute approximate surface area is 223 Å². The minimum absolute atomic E-state index is 0.0737. The fourth-order valence-electron chi connectivity index (χ4n) is 5.82. The highest BCUT2D eigenvalue weighted by Gasteiger charge is 2.42. The van der Waals surface area contributed by atoms with Gasteiger partial charge in [0.15, 0.2) is 0 Å². The van der Waals surface area contributed by atoms with E-state index in [-0.39, 0.29) is 24.5 Å². The summed E-state index contributed by atoms with van der Waals surface area (Å²) in [6, 6.07) is 11.3. The van der Waals surface area contributed by atoms with Crippen molar-refractivity contribution < 1.29 is 31.8 Å². The summed E-state index contributed by atoms with van der Waals surface area (Å²) in [7, 11) is 0. The molecule has 1 saturated heterocycles. The van der Waals surface area contributed by atoms with Crippen LogP contribution in [-0.4, -0.2) is 84.0 Å². The van der Waals surface area contributed by atoms with Crippen molar-refractivity contribution in [1.82, 2.24) is 14.8 Å². The molecule has 0 amide bonds. The van der Waals surface area contributed by atoms with E-state index in [1.165, 1.54) is 6.07 Å². The number of likely N-dealkylation sites (tertiary alicyclic amines) is 1. The number of alkyl halides is 5. The van der Waals surface area contributed by atoms with Crippen molar-refractivity contribution >= 4 is 16.6 Å². The molecule has 2 atom stereocenters. The SMILES string of the molecule is C[C@@H]1Cc2c([nH]c3ccccc23)C(c2ccc(NC3CN(CCCF)C3)cc2OC(F)F)N1CC(F)(F)CO. The molecule has 3 N–H and O–H groups in total. The highest BCUT2D eigenvalue weighted by Crippen LogP contribution is 2.45. The molecule has 1 aromatic heterocycles. The van der Waals surface area contributed by atoms with Gasteiger partial charge in [0.05, 0.1) is 25.3 Å². The maximum absolute atomic E-state index is 14.6. The zero-order valence-electron chi connectivity index (χ0n) is 21.6. The van der Waals surface area contributed by atoms with Gasteiger partial charge >= 0.3 is 6.61 Å². The standard InChI is InChI=1S/C28H33F5N4O2/c1-17-11-22-20-5-2-3-6-23(20)35-25(22)26(37(17)15-28(32,33)16-38)21-8-7-18(12-24(21)39-27(30)31)34-19-13-36(14-19)10-4-9-29/h2-3,5-8,12,17,19,26-27,34-35,38H,4,9-11,13-16H2,1H3/t17-,26?/m1/s1. The minimum Gasteiger partial charge on any atom is -0.434 e. The third kappa shape index (κ3) is 5.85. The molecule has 3 heterocycles. The molecule has 5 rings (SSSR count). The molecule has 0 spiro atoms. The molecule has 11 heteroatoms. The smallest absolute Gasteiger partial charge is 0.387 e. The van der Waals surface area contributed by atoms with Gasteiger partial charge in [-0.1, -0.05) is 24.3 Å². The molecule has 6 nitrogen and oxygen atoms in total. The van der Waals surface area contributed by atoms with Crippen LogP contribution in [0.25, 0.3) is 10.9 Å². The van der Waals surface area contributed by atoms with E-state index in [1.54, 1.807) is 17.0 Å². The first kappa shape index (κ1) is 27.7. The number of aromatic nitrogens is 1. The van der Waals surface area contributed by atoms with Gasteiger partial charge in [-0.25, -0.2) is 8.78 Å². The number of anilines is 1. The predicted molar refractivity (Wildman–Crippen MR) is 140 cm³/mol. The van der Waals surface area contributed by atoms with Crippen LogP contribution in [0, 0.1) is 0 Å². The number of hydrogen-bond donors (Lipinski definition) is 3. The third-order valence-electron chi connectivity index (χ3n) is 7.62. The van der Waals surface area contributed by atoms with Gasteiger partial charge in [-0.3, -0.25) is 14.2 Å². The van der Waals surface area contributed by atoms with Crippen molar-refractivity contribution in [2.45, 2.75) is 50.4 Å². The van der Waals surface area contributed by atoms with E-state index in [0.29, 0.717) is 49.4 Å². The highest BCUT2D eigenvalue weighted by molar-refractivity contribution is 5.85. The highest BCUT2D eigenvalue weighted by atomic mass is 19.3. The Bertz CT molecular complexity index is 1280. The molecular weight excluding hydrogens is 519 g/mol. The van der Waals surface area contributed by atoms with Crippen LogP contribution < -0.4 is 10.1 Å². The number of aliphatic hydroxyl groups excluding tert-OH is 1. The van der Waals surface area contributed by atoms with Crippen LogP contribution in [0.2, 0.25) is 0 Å². The van der Waals surface area contributed by atoms with E-state index in [4.69, 9.17) is 4.74 Å². The van der Waals surface area contributed by atoms with Crippen molar-refractivity contribution in [3.8, 4) is 5.75 Å². The zero-order valence-corrected chi connectivity index (χ0v) is 21.6. The first-order chi connectivity index (χ1) is 18.7. The number of aliphatic hydroxyl groups is 1. The van der Waals surface area contributed by atoms with Gasteiger partial charge in [0.1, 0.15) is 12.4 Å². The average Bonchev–Trinajstić information content (AvgIpc) is 3.24. The molecular formula is C28H33F5N4O2. The van der Waals surface area contributed by atoms with Gasteiger partial charge in [-0.05, 0) is 37.5 Å². The summed E-state index contributed by atoms with van der Waals surface area (Å²) < 4.78 is 73.8. The number of nitrogens with one attached hydrogen (secondary N) is 2. The largest absolute Gasteiger partial charge is 0.434 e. The Kier molecular flexibility index (Phi) is 8.02. The fourth-order valence-corrected chi connectivity index (χ4v) is 5.82. The molecule has 0 radical (unpaired) electrons. The lowest BCUT2D eigenvalue weighted by Crippen LogP contribution is -2.54. The zero-order chi connectivity index (χ0) is 27.7. The van der Waals surface area contributed by atoms with Crippen LogP contribution >= 0.6 is 0 Å². The molecule has 1 unspecified atom stereocenters. The van der Waals surface area contributed by atoms with E-state index >= 15 is 0 Å². The summed E-state index contributed by atoms with van der Waals surface area (Å²) in [5, 5.41) is 13.6. The van der Waals surface area contributed by atoms with Crippen LogP contribution in [-0.2, 0) is 6.42 Å². The first-order valence-electron chi connectivity index (χ1n) is 13.2. The van der Waals surface area contributed by atoms with Gasteiger partial charge in [0.25, 0.3) is 5.92 Å². The molecule has 0 saturated carbocycles. The van der Waals surface area contributed by atoms with E-state index in [9.17, 15) is 27.1 Å². The predicted octanol–water partition coefficient (Wildman–Crippen LogP) is 5.19. The van der Waals surface area contributed by atoms with Gasteiger partial charge in [-0.2, -0.15) is 8.78 Å². The normalized spacial score (nSPS) is 20.8. The van der Waals surface area contributed by atoms with Gasteiger partial charge in [0, 0.05) is 59.6 Å². The fraction of sp³-hybridized carbons (Fsp3) is 0.500. The van der Waals surface area contributed by atoms with Crippen LogP contribution in [0.5, 0.6) is 5.75 Å². The summed E-state index contributed by atoms with van der Waals surface area (Å²) in [6.45, 7) is -1.68. The maximum atomic E-state index is 14.6. The number of aromatic amines is 1. The lowest BCUT2D eigenvalue weighted by atomic mass is 9.87. The second-order valence-corrected chi connectivity index (χ2v) is 10.5. The summed E-state index contributed by atoms with van der Waals surface area (Å²) in [5.74, 6) is -3.50. The number of ether oxygens (including phenoxy) is 1. The number of benzene rings is 2. The quantitative estimate of drug-likeness (QED) is 0.286. The number of fused-ring (bicyclic) bond motifs is 3. The van der Waals surface area contributed by atoms with Crippen molar-refractivity contribution in [3.63, 3.8) is 0 Å². The number of H-pyrrole nitrogens is 1. The summed E-state index contributed by atoms with van der Waals surface area (Å²) >= 11 is 0. The Hall–Kier alpha value is -2.89. The minimum atomic E-state index is -3.39. The number of halogens is 5. The van der Waals surface area contributed by atoms with E-state index in [0.717, 1.165) is 16.5 Å². The van der Waals surface area contributed by atoms with E-state index in [1.807, 2.05) is 31.2 Å². The average molecular weight is 553 g/mol. The number of para-hydroxylation sites is 1. The van der Waals surface area contributed by atoms with Crippen molar-refractivity contribution in [2.24, 2.45) is 0 Å². The Morgan fingerprint density at radius 1 is 1.18 bits per heavy atom. The van der Waals surface area contributed by atoms with Crippen LogP contribution in [0.4, 0.5) is 27.6 Å². The van der Waals surface area contributed by atoms with Crippen LogP contribution in [0.1, 0.15) is 36.2 Å². The lowest BCUT2D eigenvalue weighted by molar-refractivity contribution is -0.0874. The Balaban J connectivity index is 1.52. The van der Waals surface area contributed by atoms with Crippen molar-refractivity contribution in [1.29, 1.82) is 0 Å². The second kappa shape index (κ2) is 11.3. The van der Waals surface area contributed by atoms with E-state index in [2.05, 4.69) is 15.2 Å². The van der Waals surface area contributed by atoms with Crippen LogP contribution in [0.15, 0.2) is 42.5 Å². The molecule has 2 aliphatic heterocycles. The van der Waals surface area contributed by atoms with Crippen LogP contribution in [0.3, 0.4) is 0 Å². The monoisotopic (exact) mass is 552 g/mol. The number of nitrogens with zero attached hydrogens (tertiary/aromatic N) is 2. The number of rotatable bonds is 11. The Morgan fingerprint density at radius 2 is 1.95 bits per heavy atom. The van der Waals surface area contributed by atoms with E-state index < -0.39 is 31.7 Å². The first-order valence-corrected chi connectivity index (χ1v) is 13.2. The lowest BCUT2D eigenvalue weighted by Gasteiger charge is -2.42. The summed E-state index contributed by atoms with van der Waals surface area (Å²) in [5.41, 5.74) is 3.31. The topological polar surface area (TPSA) is 63.8 Å². The molecule has 0 bridgehead atoms. The molecule has 39 heavy (non-hydrogen) atoms. The summed E-state index contributed by atoms with van der Waals surface area (Å²) in [6.07, 6.45) is 0.942. The number of hydrogen-bond acceptors (Lipinski definition) is 5. The van der Waals surface area contributed by atoms with Crippen molar-refractivity contribution in [3.05, 3.63) is 59.3 Å². The maximum Gasteiger partial charge on any atom is 0.387 e. The van der Waals surface area contributed by atoms with Gasteiger partial charge in [0.2, 0.25) is 0 Å². The molecule has 3 aromatic rings. The molecule has 212 valence electrons. The molecule has 1 fully saturated rings. The molecule has 2 aliphatic rings. The van der Waals surface area contributed by atoms with Gasteiger partial charge < -0.3 is 20.1 Å². The van der Waals surface area contributed by atoms with Gasteiger partial charge in [-0.15, -0.1) is 0 Å². The summed E-state index contributed by atoms with van der Waals surface area (Å²) in [4.78, 5) is 6.99.